The lowest BCUT2D eigenvalue weighted by molar-refractivity contribution is -0.142. The number of carbonyl (C=O) groups excluding carboxylic acids is 1. The SMILES string of the molecule is [C-]#[N+]c1c[nH]c(C(=O)Nc2ccc(C(C)(C)C(=O)O)cc2N2CCC(C)CC2)c1. The minimum atomic E-state index is -1.04. The topological polar surface area (TPSA) is 89.8 Å². The third-order valence-electron chi connectivity index (χ3n) is 5.67. The molecule has 7 nitrogen and oxygen atoms in total. The largest absolute Gasteiger partial charge is 0.481 e. The van der Waals surface area contributed by atoms with Crippen molar-refractivity contribution in [1.82, 2.24) is 4.98 Å². The monoisotopic (exact) mass is 394 g/mol. The molecule has 3 N–H and O–H groups in total. The van der Waals surface area contributed by atoms with Crippen LogP contribution in [0.25, 0.3) is 4.85 Å². The smallest absolute Gasteiger partial charge is 0.313 e. The molecule has 2 aromatic rings. The number of piperidine rings is 1. The molecular formula is C22H26N4O3. The van der Waals surface area contributed by atoms with Crippen molar-refractivity contribution in [2.45, 2.75) is 39.0 Å². The van der Waals surface area contributed by atoms with E-state index < -0.39 is 11.4 Å². The summed E-state index contributed by atoms with van der Waals surface area (Å²) in [6, 6.07) is 6.90. The predicted octanol–water partition coefficient (Wildman–Crippen LogP) is 4.42. The molecule has 0 unspecified atom stereocenters. The van der Waals surface area contributed by atoms with Gasteiger partial charge >= 0.3 is 5.97 Å². The Morgan fingerprint density at radius 3 is 2.55 bits per heavy atom. The molecule has 0 radical (unpaired) electrons. The van der Waals surface area contributed by atoms with Crippen molar-refractivity contribution in [3.63, 3.8) is 0 Å². The second kappa shape index (κ2) is 8.00. The molecule has 0 bridgehead atoms. The fourth-order valence-electron chi connectivity index (χ4n) is 3.43. The van der Waals surface area contributed by atoms with Crippen molar-refractivity contribution in [1.29, 1.82) is 0 Å². The van der Waals surface area contributed by atoms with E-state index in [-0.39, 0.29) is 5.91 Å². The molecule has 0 saturated carbocycles. The van der Waals surface area contributed by atoms with E-state index in [9.17, 15) is 14.7 Å². The van der Waals surface area contributed by atoms with E-state index in [0.29, 0.717) is 28.6 Å². The molecule has 29 heavy (non-hydrogen) atoms. The van der Waals surface area contributed by atoms with Crippen molar-refractivity contribution in [3.8, 4) is 0 Å². The number of nitrogens with one attached hydrogen (secondary N) is 2. The molecule has 1 amide bonds. The Balaban J connectivity index is 1.95. The number of anilines is 2. The van der Waals surface area contributed by atoms with Gasteiger partial charge in [-0.05, 0) is 56.4 Å². The second-order valence-electron chi connectivity index (χ2n) is 8.17. The molecule has 3 rings (SSSR count). The molecule has 152 valence electrons. The molecule has 1 saturated heterocycles. The minimum Gasteiger partial charge on any atom is -0.481 e. The first-order chi connectivity index (χ1) is 13.7. The van der Waals surface area contributed by atoms with E-state index in [1.807, 2.05) is 6.07 Å². The summed E-state index contributed by atoms with van der Waals surface area (Å²) in [5, 5.41) is 12.5. The van der Waals surface area contributed by atoms with E-state index in [1.165, 1.54) is 12.3 Å². The quantitative estimate of drug-likeness (QED) is 0.655. The lowest BCUT2D eigenvalue weighted by Crippen LogP contribution is -2.34. The Morgan fingerprint density at radius 2 is 1.97 bits per heavy atom. The number of aliphatic carboxylic acids is 1. The highest BCUT2D eigenvalue weighted by Crippen LogP contribution is 2.35. The molecule has 0 spiro atoms. The van der Waals surface area contributed by atoms with Crippen LogP contribution in [0.3, 0.4) is 0 Å². The number of nitrogens with zero attached hydrogens (tertiary/aromatic N) is 2. The number of aromatic amines is 1. The minimum absolute atomic E-state index is 0.309. The zero-order valence-electron chi connectivity index (χ0n) is 17.0. The van der Waals surface area contributed by atoms with Crippen LogP contribution in [0.5, 0.6) is 0 Å². The number of hydrogen-bond donors (Lipinski definition) is 3. The zero-order chi connectivity index (χ0) is 21.2. The van der Waals surface area contributed by atoms with Crippen LogP contribution in [0, 0.1) is 12.5 Å². The Morgan fingerprint density at radius 1 is 1.28 bits per heavy atom. The van der Waals surface area contributed by atoms with E-state index in [1.54, 1.807) is 26.0 Å². The van der Waals surface area contributed by atoms with Gasteiger partial charge in [0, 0.05) is 19.3 Å². The predicted molar refractivity (Wildman–Crippen MR) is 113 cm³/mol. The number of hydrogen-bond acceptors (Lipinski definition) is 3. The second-order valence-corrected chi connectivity index (χ2v) is 8.17. The third-order valence-corrected chi connectivity index (χ3v) is 5.67. The van der Waals surface area contributed by atoms with Crippen LogP contribution in [0.1, 0.15) is 49.7 Å². The number of rotatable bonds is 5. The maximum Gasteiger partial charge on any atom is 0.313 e. The molecule has 1 aromatic heterocycles. The average Bonchev–Trinajstić information content (AvgIpc) is 3.18. The summed E-state index contributed by atoms with van der Waals surface area (Å²) in [6.07, 6.45) is 3.59. The fourth-order valence-corrected chi connectivity index (χ4v) is 3.43. The molecule has 1 aliphatic rings. The van der Waals surface area contributed by atoms with Crippen LogP contribution < -0.4 is 10.2 Å². The summed E-state index contributed by atoms with van der Waals surface area (Å²) in [7, 11) is 0. The Labute approximate surface area is 170 Å². The maximum atomic E-state index is 12.7. The van der Waals surface area contributed by atoms with Crippen LogP contribution in [0.2, 0.25) is 0 Å². The first-order valence-corrected chi connectivity index (χ1v) is 9.72. The van der Waals surface area contributed by atoms with Gasteiger partial charge in [-0.2, -0.15) is 0 Å². The Kier molecular flexibility index (Phi) is 5.64. The highest BCUT2D eigenvalue weighted by molar-refractivity contribution is 6.05. The van der Waals surface area contributed by atoms with E-state index in [4.69, 9.17) is 6.57 Å². The Hall–Kier alpha value is -3.27. The van der Waals surface area contributed by atoms with Gasteiger partial charge in [-0.15, -0.1) is 0 Å². The first kappa shape index (κ1) is 20.5. The zero-order valence-corrected chi connectivity index (χ0v) is 17.0. The summed E-state index contributed by atoms with van der Waals surface area (Å²) in [6.45, 7) is 14.3. The highest BCUT2D eigenvalue weighted by atomic mass is 16.4. The van der Waals surface area contributed by atoms with Crippen molar-refractivity contribution >= 4 is 28.9 Å². The van der Waals surface area contributed by atoms with Crippen LogP contribution in [0.4, 0.5) is 17.1 Å². The number of amides is 1. The number of H-pyrrole nitrogens is 1. The van der Waals surface area contributed by atoms with Gasteiger partial charge in [0.25, 0.3) is 5.91 Å². The van der Waals surface area contributed by atoms with Crippen molar-refractivity contribution in [2.75, 3.05) is 23.3 Å². The average molecular weight is 394 g/mol. The summed E-state index contributed by atoms with van der Waals surface area (Å²) in [5.41, 5.74) is 1.79. The molecule has 2 heterocycles. The highest BCUT2D eigenvalue weighted by Gasteiger charge is 2.31. The third kappa shape index (κ3) is 4.27. The lowest BCUT2D eigenvalue weighted by Gasteiger charge is -2.34. The van der Waals surface area contributed by atoms with Gasteiger partial charge < -0.3 is 20.3 Å². The summed E-state index contributed by atoms with van der Waals surface area (Å²) < 4.78 is 0. The number of carboxylic acid groups (broad SMARTS) is 1. The number of carboxylic acids is 1. The molecule has 7 heteroatoms. The molecule has 0 atom stereocenters. The van der Waals surface area contributed by atoms with Crippen molar-refractivity contribution in [3.05, 3.63) is 53.1 Å². The van der Waals surface area contributed by atoms with Gasteiger partial charge in [0.2, 0.25) is 5.69 Å². The van der Waals surface area contributed by atoms with Crippen LogP contribution in [0.15, 0.2) is 30.5 Å². The van der Waals surface area contributed by atoms with Gasteiger partial charge in [0.1, 0.15) is 0 Å². The van der Waals surface area contributed by atoms with Gasteiger partial charge in [-0.3, -0.25) is 9.59 Å². The molecular weight excluding hydrogens is 368 g/mol. The normalized spacial score (nSPS) is 15.0. The van der Waals surface area contributed by atoms with Crippen LogP contribution >= 0.6 is 0 Å². The van der Waals surface area contributed by atoms with Crippen molar-refractivity contribution < 1.29 is 14.7 Å². The number of aromatic nitrogens is 1. The molecule has 0 aliphatic carbocycles. The van der Waals surface area contributed by atoms with Gasteiger partial charge in [-0.25, -0.2) is 4.85 Å². The van der Waals surface area contributed by atoms with E-state index in [2.05, 4.69) is 27.0 Å². The van der Waals surface area contributed by atoms with E-state index in [0.717, 1.165) is 31.6 Å². The maximum absolute atomic E-state index is 12.7. The van der Waals surface area contributed by atoms with E-state index >= 15 is 0 Å². The van der Waals surface area contributed by atoms with Gasteiger partial charge in [-0.1, -0.05) is 13.0 Å². The summed E-state index contributed by atoms with van der Waals surface area (Å²) in [4.78, 5) is 32.7. The van der Waals surface area contributed by atoms with Gasteiger partial charge in [0.15, 0.2) is 0 Å². The molecule has 1 aromatic carbocycles. The fraction of sp³-hybridized carbons (Fsp3) is 0.409. The Bertz CT molecular complexity index is 963. The lowest BCUT2D eigenvalue weighted by atomic mass is 9.84. The number of carbonyl (C=O) groups is 2. The van der Waals surface area contributed by atoms with Gasteiger partial charge in [0.05, 0.1) is 29.1 Å². The number of benzene rings is 1. The van der Waals surface area contributed by atoms with Crippen LogP contribution in [-0.2, 0) is 10.2 Å². The van der Waals surface area contributed by atoms with Crippen molar-refractivity contribution in [2.24, 2.45) is 5.92 Å². The van der Waals surface area contributed by atoms with Crippen LogP contribution in [-0.4, -0.2) is 35.1 Å². The summed E-state index contributed by atoms with van der Waals surface area (Å²) in [5.74, 6) is -0.587. The summed E-state index contributed by atoms with van der Waals surface area (Å²) >= 11 is 0. The molecule has 1 aliphatic heterocycles. The molecule has 1 fully saturated rings. The standard InChI is InChI=1S/C22H26N4O3/c1-14-7-9-26(10-8-14)19-11-15(22(2,3)21(28)29)5-6-17(19)25-20(27)18-12-16(23-4)13-24-18/h5-6,11-14,24H,7-10H2,1-3H3,(H,25,27)(H,28,29). The first-order valence-electron chi connectivity index (χ1n) is 9.72.